The number of rotatable bonds is 3. The highest BCUT2D eigenvalue weighted by atomic mass is 16.5. The first-order chi connectivity index (χ1) is 7.89. The molecule has 1 N–H and O–H groups in total. The molecule has 3 nitrogen and oxygen atoms in total. The average Bonchev–Trinajstić information content (AvgIpc) is 2.81. The van der Waals surface area contributed by atoms with Crippen LogP contribution in [0.25, 0.3) is 0 Å². The third kappa shape index (κ3) is 1.79. The summed E-state index contributed by atoms with van der Waals surface area (Å²) in [4.78, 5) is 11.2. The number of carboxylic acid groups (broad SMARTS) is 1. The molecule has 0 aliphatic heterocycles. The normalized spacial score (nSPS) is 25.4. The van der Waals surface area contributed by atoms with Crippen LogP contribution in [0.4, 0.5) is 0 Å². The number of carboxylic acids is 1. The quantitative estimate of drug-likeness (QED) is 0.874. The van der Waals surface area contributed by atoms with Crippen LogP contribution in [0.5, 0.6) is 5.75 Å². The van der Waals surface area contributed by atoms with Gasteiger partial charge in [0.05, 0.1) is 13.0 Å². The van der Waals surface area contributed by atoms with Crippen LogP contribution in [0.2, 0.25) is 0 Å². The van der Waals surface area contributed by atoms with E-state index in [9.17, 15) is 9.90 Å². The third-order valence-corrected chi connectivity index (χ3v) is 3.91. The van der Waals surface area contributed by atoms with Crippen molar-refractivity contribution in [1.29, 1.82) is 0 Å². The lowest BCUT2D eigenvalue weighted by atomic mass is 9.99. The molecule has 1 aromatic carbocycles. The molecule has 1 aliphatic rings. The number of hydrogen-bond donors (Lipinski definition) is 1. The fourth-order valence-corrected chi connectivity index (χ4v) is 2.80. The van der Waals surface area contributed by atoms with Crippen molar-refractivity contribution in [3.05, 3.63) is 29.3 Å². The molecule has 0 heterocycles. The predicted octanol–water partition coefficient (Wildman–Crippen LogP) is 2.83. The Kier molecular flexibility index (Phi) is 2.64. The molecule has 2 rings (SSSR count). The van der Waals surface area contributed by atoms with E-state index in [0.717, 1.165) is 16.9 Å². The van der Waals surface area contributed by atoms with E-state index in [1.807, 2.05) is 39.0 Å². The van der Waals surface area contributed by atoms with Gasteiger partial charge in [-0.05, 0) is 35.6 Å². The SMILES string of the molecule is COc1ccc([C@@H]2[C@@H](C(=O)O)C2(C)C)c(C)c1. The summed E-state index contributed by atoms with van der Waals surface area (Å²) < 4.78 is 5.16. The van der Waals surface area contributed by atoms with Gasteiger partial charge in [-0.1, -0.05) is 19.9 Å². The van der Waals surface area contributed by atoms with E-state index in [-0.39, 0.29) is 17.3 Å². The summed E-state index contributed by atoms with van der Waals surface area (Å²) in [6.07, 6.45) is 0. The molecular weight excluding hydrogens is 216 g/mol. The maximum absolute atomic E-state index is 11.2. The number of aryl methyl sites for hydroxylation is 1. The minimum atomic E-state index is -0.699. The number of benzene rings is 1. The Morgan fingerprint density at radius 1 is 1.41 bits per heavy atom. The standard InChI is InChI=1S/C14H18O3/c1-8-7-9(17-4)5-6-10(8)11-12(13(15)16)14(11,2)3/h5-7,11-12H,1-4H3,(H,15,16)/t11-,12+/m1/s1. The summed E-state index contributed by atoms with van der Waals surface area (Å²) in [6, 6.07) is 5.85. The van der Waals surface area contributed by atoms with E-state index >= 15 is 0 Å². The second-order valence-corrected chi connectivity index (χ2v) is 5.34. The number of hydrogen-bond acceptors (Lipinski definition) is 2. The summed E-state index contributed by atoms with van der Waals surface area (Å²) in [6.45, 7) is 6.03. The summed E-state index contributed by atoms with van der Waals surface area (Å²) in [5.74, 6) is -0.0349. The van der Waals surface area contributed by atoms with Gasteiger partial charge in [0.1, 0.15) is 5.75 Å². The highest BCUT2D eigenvalue weighted by Crippen LogP contribution is 2.65. The molecule has 3 heteroatoms. The molecule has 1 aromatic rings. The molecule has 0 saturated heterocycles. The van der Waals surface area contributed by atoms with Crippen LogP contribution in [0.1, 0.15) is 30.9 Å². The number of ether oxygens (including phenoxy) is 1. The molecule has 0 radical (unpaired) electrons. The van der Waals surface area contributed by atoms with Crippen LogP contribution in [0.3, 0.4) is 0 Å². The first-order valence-corrected chi connectivity index (χ1v) is 5.77. The summed E-state index contributed by atoms with van der Waals surface area (Å²) >= 11 is 0. The Balaban J connectivity index is 2.34. The zero-order chi connectivity index (χ0) is 12.8. The van der Waals surface area contributed by atoms with Crippen molar-refractivity contribution in [2.24, 2.45) is 11.3 Å². The van der Waals surface area contributed by atoms with Gasteiger partial charge in [0.25, 0.3) is 0 Å². The third-order valence-electron chi connectivity index (χ3n) is 3.91. The highest BCUT2D eigenvalue weighted by molar-refractivity contribution is 5.77. The maximum atomic E-state index is 11.2. The zero-order valence-electron chi connectivity index (χ0n) is 10.7. The monoisotopic (exact) mass is 234 g/mol. The zero-order valence-corrected chi connectivity index (χ0v) is 10.7. The van der Waals surface area contributed by atoms with Gasteiger partial charge in [-0.25, -0.2) is 0 Å². The average molecular weight is 234 g/mol. The molecule has 0 amide bonds. The van der Waals surface area contributed by atoms with E-state index in [1.165, 1.54) is 0 Å². The van der Waals surface area contributed by atoms with Gasteiger partial charge in [0, 0.05) is 5.92 Å². The second kappa shape index (κ2) is 3.76. The Hall–Kier alpha value is -1.51. The van der Waals surface area contributed by atoms with Crippen molar-refractivity contribution in [2.45, 2.75) is 26.7 Å². The molecule has 2 atom stereocenters. The molecule has 92 valence electrons. The van der Waals surface area contributed by atoms with Crippen LogP contribution in [0.15, 0.2) is 18.2 Å². The van der Waals surface area contributed by atoms with Crippen molar-refractivity contribution in [2.75, 3.05) is 7.11 Å². The largest absolute Gasteiger partial charge is 0.497 e. The van der Waals surface area contributed by atoms with E-state index in [1.54, 1.807) is 7.11 Å². The van der Waals surface area contributed by atoms with Gasteiger partial charge < -0.3 is 9.84 Å². The number of carbonyl (C=O) groups is 1. The van der Waals surface area contributed by atoms with E-state index in [2.05, 4.69) is 0 Å². The van der Waals surface area contributed by atoms with Crippen molar-refractivity contribution >= 4 is 5.97 Å². The van der Waals surface area contributed by atoms with Gasteiger partial charge in [-0.15, -0.1) is 0 Å². The molecule has 1 fully saturated rings. The molecule has 1 aliphatic carbocycles. The van der Waals surface area contributed by atoms with Gasteiger partial charge in [-0.2, -0.15) is 0 Å². The Labute approximate surface area is 101 Å². The lowest BCUT2D eigenvalue weighted by molar-refractivity contribution is -0.139. The van der Waals surface area contributed by atoms with Crippen molar-refractivity contribution in [3.8, 4) is 5.75 Å². The molecule has 0 bridgehead atoms. The Morgan fingerprint density at radius 2 is 2.06 bits per heavy atom. The summed E-state index contributed by atoms with van der Waals surface area (Å²) in [7, 11) is 1.63. The number of aliphatic carboxylic acids is 1. The van der Waals surface area contributed by atoms with Gasteiger partial charge in [-0.3, -0.25) is 4.79 Å². The molecule has 0 unspecified atom stereocenters. The Bertz CT molecular complexity index is 463. The molecule has 0 aromatic heterocycles. The van der Waals surface area contributed by atoms with E-state index < -0.39 is 5.97 Å². The predicted molar refractivity (Wildman–Crippen MR) is 65.4 cm³/mol. The van der Waals surface area contributed by atoms with Crippen LogP contribution in [0, 0.1) is 18.3 Å². The first kappa shape index (κ1) is 12.0. The van der Waals surface area contributed by atoms with Crippen LogP contribution >= 0.6 is 0 Å². The molecular formula is C14H18O3. The number of methoxy groups -OCH3 is 1. The molecule has 1 saturated carbocycles. The smallest absolute Gasteiger partial charge is 0.307 e. The fraction of sp³-hybridized carbons (Fsp3) is 0.500. The minimum absolute atomic E-state index is 0.117. The van der Waals surface area contributed by atoms with Gasteiger partial charge in [0.15, 0.2) is 0 Å². The molecule has 0 spiro atoms. The van der Waals surface area contributed by atoms with E-state index in [0.29, 0.717) is 0 Å². The summed E-state index contributed by atoms with van der Waals surface area (Å²) in [5, 5.41) is 9.19. The van der Waals surface area contributed by atoms with Crippen molar-refractivity contribution in [3.63, 3.8) is 0 Å². The Morgan fingerprint density at radius 3 is 2.47 bits per heavy atom. The van der Waals surface area contributed by atoms with Crippen molar-refractivity contribution < 1.29 is 14.6 Å². The van der Waals surface area contributed by atoms with Crippen molar-refractivity contribution in [1.82, 2.24) is 0 Å². The van der Waals surface area contributed by atoms with Crippen LogP contribution in [-0.4, -0.2) is 18.2 Å². The van der Waals surface area contributed by atoms with Crippen LogP contribution < -0.4 is 4.74 Å². The van der Waals surface area contributed by atoms with Gasteiger partial charge in [0.2, 0.25) is 0 Å². The first-order valence-electron chi connectivity index (χ1n) is 5.77. The second-order valence-electron chi connectivity index (χ2n) is 5.34. The summed E-state index contributed by atoms with van der Waals surface area (Å²) in [5.41, 5.74) is 2.08. The topological polar surface area (TPSA) is 46.5 Å². The highest BCUT2D eigenvalue weighted by Gasteiger charge is 2.62. The van der Waals surface area contributed by atoms with Crippen LogP contribution in [-0.2, 0) is 4.79 Å². The fourth-order valence-electron chi connectivity index (χ4n) is 2.80. The molecule has 17 heavy (non-hydrogen) atoms. The lowest BCUT2D eigenvalue weighted by Gasteiger charge is -2.09. The van der Waals surface area contributed by atoms with Gasteiger partial charge >= 0.3 is 5.97 Å². The minimum Gasteiger partial charge on any atom is -0.497 e. The van der Waals surface area contributed by atoms with E-state index in [4.69, 9.17) is 4.74 Å². The lowest BCUT2D eigenvalue weighted by Crippen LogP contribution is -2.03. The maximum Gasteiger partial charge on any atom is 0.307 e.